The second kappa shape index (κ2) is 11.6. The standard InChI is InChI=1S/C16H31N7.HI/c1-14-7-6-10-23(12-14)9-5-4-8-18-16(17-2)19-11-15-20-13-21-22(15)3;/h13-14H,4-12H2,1-3H3,(H2,17,18,19);1H. The first-order valence-corrected chi connectivity index (χ1v) is 8.68. The number of aromatic nitrogens is 3. The lowest BCUT2D eigenvalue weighted by atomic mass is 10.0. The Bertz CT molecular complexity index is 489. The summed E-state index contributed by atoms with van der Waals surface area (Å²) in [7, 11) is 3.68. The van der Waals surface area contributed by atoms with Crippen molar-refractivity contribution in [2.45, 2.75) is 39.2 Å². The zero-order valence-electron chi connectivity index (χ0n) is 15.2. The molecule has 0 amide bonds. The Kier molecular flexibility index (Phi) is 10.2. The molecule has 1 atom stereocenters. The van der Waals surface area contributed by atoms with Crippen LogP contribution in [0.25, 0.3) is 0 Å². The first kappa shape index (κ1) is 21.1. The van der Waals surface area contributed by atoms with E-state index < -0.39 is 0 Å². The van der Waals surface area contributed by atoms with Crippen LogP contribution in [-0.4, -0.2) is 58.9 Å². The van der Waals surface area contributed by atoms with Gasteiger partial charge in [-0.05, 0) is 44.7 Å². The quantitative estimate of drug-likeness (QED) is 0.287. The van der Waals surface area contributed by atoms with E-state index in [1.54, 1.807) is 18.1 Å². The predicted octanol–water partition coefficient (Wildman–Crippen LogP) is 1.61. The van der Waals surface area contributed by atoms with Crippen LogP contribution in [-0.2, 0) is 13.6 Å². The average Bonchev–Trinajstić information content (AvgIpc) is 2.95. The molecule has 24 heavy (non-hydrogen) atoms. The monoisotopic (exact) mass is 449 g/mol. The molecular formula is C16H32IN7. The van der Waals surface area contributed by atoms with Crippen molar-refractivity contribution in [3.8, 4) is 0 Å². The van der Waals surface area contributed by atoms with Crippen LogP contribution in [0.3, 0.4) is 0 Å². The number of aryl methyl sites for hydroxylation is 1. The summed E-state index contributed by atoms with van der Waals surface area (Å²) in [5.41, 5.74) is 0. The second-order valence-electron chi connectivity index (χ2n) is 6.41. The SMILES string of the molecule is CN=C(NCCCCN1CCCC(C)C1)NCc1ncnn1C.I. The number of halogens is 1. The van der Waals surface area contributed by atoms with Crippen molar-refractivity contribution < 1.29 is 0 Å². The van der Waals surface area contributed by atoms with Gasteiger partial charge in [-0.1, -0.05) is 6.92 Å². The van der Waals surface area contributed by atoms with E-state index in [1.807, 2.05) is 7.05 Å². The van der Waals surface area contributed by atoms with Crippen molar-refractivity contribution in [3.63, 3.8) is 0 Å². The molecule has 1 aliphatic rings. The molecule has 0 saturated carbocycles. The molecule has 1 aromatic rings. The van der Waals surface area contributed by atoms with Crippen LogP contribution >= 0.6 is 24.0 Å². The van der Waals surface area contributed by atoms with Gasteiger partial charge < -0.3 is 15.5 Å². The van der Waals surface area contributed by atoms with Gasteiger partial charge in [-0.2, -0.15) is 5.10 Å². The number of rotatable bonds is 7. The molecule has 1 aliphatic heterocycles. The van der Waals surface area contributed by atoms with Crippen molar-refractivity contribution in [2.75, 3.05) is 33.2 Å². The van der Waals surface area contributed by atoms with Crippen molar-refractivity contribution in [2.24, 2.45) is 18.0 Å². The smallest absolute Gasteiger partial charge is 0.191 e. The molecule has 1 saturated heterocycles. The third-order valence-electron chi connectivity index (χ3n) is 4.38. The van der Waals surface area contributed by atoms with Crippen LogP contribution in [0.15, 0.2) is 11.3 Å². The van der Waals surface area contributed by atoms with E-state index in [2.05, 4.69) is 37.5 Å². The molecule has 138 valence electrons. The van der Waals surface area contributed by atoms with E-state index in [0.717, 1.165) is 30.7 Å². The van der Waals surface area contributed by atoms with E-state index in [9.17, 15) is 0 Å². The molecule has 0 spiro atoms. The Morgan fingerprint density at radius 2 is 2.21 bits per heavy atom. The maximum atomic E-state index is 4.24. The molecule has 7 nitrogen and oxygen atoms in total. The summed E-state index contributed by atoms with van der Waals surface area (Å²) in [6.45, 7) is 7.70. The van der Waals surface area contributed by atoms with Crippen LogP contribution in [0.4, 0.5) is 0 Å². The minimum Gasteiger partial charge on any atom is -0.356 e. The van der Waals surface area contributed by atoms with Gasteiger partial charge in [0.25, 0.3) is 0 Å². The molecule has 8 heteroatoms. The molecule has 0 aliphatic carbocycles. The van der Waals surface area contributed by atoms with Gasteiger partial charge in [-0.15, -0.1) is 24.0 Å². The van der Waals surface area contributed by atoms with Gasteiger partial charge in [0.05, 0.1) is 6.54 Å². The van der Waals surface area contributed by atoms with Gasteiger partial charge in [0, 0.05) is 27.2 Å². The van der Waals surface area contributed by atoms with E-state index in [4.69, 9.17) is 0 Å². The topological polar surface area (TPSA) is 70.4 Å². The summed E-state index contributed by atoms with van der Waals surface area (Å²) in [5, 5.41) is 10.7. The van der Waals surface area contributed by atoms with E-state index in [0.29, 0.717) is 6.54 Å². The predicted molar refractivity (Wildman–Crippen MR) is 109 cm³/mol. The molecule has 2 rings (SSSR count). The van der Waals surface area contributed by atoms with Crippen molar-refractivity contribution in [3.05, 3.63) is 12.2 Å². The molecule has 0 radical (unpaired) electrons. The molecule has 1 unspecified atom stereocenters. The number of nitrogens with zero attached hydrogens (tertiary/aromatic N) is 5. The highest BCUT2D eigenvalue weighted by atomic mass is 127. The lowest BCUT2D eigenvalue weighted by Gasteiger charge is -2.30. The largest absolute Gasteiger partial charge is 0.356 e. The summed E-state index contributed by atoms with van der Waals surface area (Å²) in [6, 6.07) is 0. The molecular weight excluding hydrogens is 417 g/mol. The molecule has 2 heterocycles. The Morgan fingerprint density at radius 1 is 1.38 bits per heavy atom. The van der Waals surface area contributed by atoms with Crippen LogP contribution in [0.2, 0.25) is 0 Å². The highest BCUT2D eigenvalue weighted by Gasteiger charge is 2.15. The third-order valence-corrected chi connectivity index (χ3v) is 4.38. The highest BCUT2D eigenvalue weighted by molar-refractivity contribution is 14.0. The van der Waals surface area contributed by atoms with Gasteiger partial charge >= 0.3 is 0 Å². The summed E-state index contributed by atoms with van der Waals surface area (Å²) in [6.07, 6.45) is 6.72. The van der Waals surface area contributed by atoms with Crippen LogP contribution in [0.1, 0.15) is 38.4 Å². The number of piperidine rings is 1. The lowest BCUT2D eigenvalue weighted by molar-refractivity contribution is 0.181. The van der Waals surface area contributed by atoms with E-state index in [1.165, 1.54) is 38.9 Å². The Balaban J connectivity index is 0.00000288. The molecule has 1 aromatic heterocycles. The van der Waals surface area contributed by atoms with Crippen molar-refractivity contribution >= 4 is 29.9 Å². The number of unbranched alkanes of at least 4 members (excludes halogenated alkanes) is 1. The number of likely N-dealkylation sites (tertiary alicyclic amines) is 1. The third kappa shape index (κ3) is 7.33. The molecule has 0 bridgehead atoms. The Labute approximate surface area is 162 Å². The maximum Gasteiger partial charge on any atom is 0.191 e. The van der Waals surface area contributed by atoms with Crippen LogP contribution in [0.5, 0.6) is 0 Å². The van der Waals surface area contributed by atoms with E-state index >= 15 is 0 Å². The number of guanidine groups is 1. The number of hydrogen-bond donors (Lipinski definition) is 2. The fraction of sp³-hybridized carbons (Fsp3) is 0.812. The van der Waals surface area contributed by atoms with Gasteiger partial charge in [0.2, 0.25) is 0 Å². The minimum absolute atomic E-state index is 0. The van der Waals surface area contributed by atoms with Crippen molar-refractivity contribution in [1.29, 1.82) is 0 Å². The van der Waals surface area contributed by atoms with Gasteiger partial charge in [0.15, 0.2) is 5.96 Å². The van der Waals surface area contributed by atoms with E-state index in [-0.39, 0.29) is 24.0 Å². The summed E-state index contributed by atoms with van der Waals surface area (Å²) in [5.74, 6) is 2.58. The Morgan fingerprint density at radius 3 is 2.88 bits per heavy atom. The van der Waals surface area contributed by atoms with Gasteiger partial charge in [-0.3, -0.25) is 9.67 Å². The zero-order valence-corrected chi connectivity index (χ0v) is 17.5. The highest BCUT2D eigenvalue weighted by Crippen LogP contribution is 2.15. The van der Waals surface area contributed by atoms with Gasteiger partial charge in [0.1, 0.15) is 12.2 Å². The fourth-order valence-electron chi connectivity index (χ4n) is 3.02. The number of hydrogen-bond acceptors (Lipinski definition) is 4. The summed E-state index contributed by atoms with van der Waals surface area (Å²) < 4.78 is 1.76. The maximum absolute atomic E-state index is 4.24. The fourth-order valence-corrected chi connectivity index (χ4v) is 3.02. The summed E-state index contributed by atoms with van der Waals surface area (Å²) >= 11 is 0. The number of nitrogens with one attached hydrogen (secondary N) is 2. The molecule has 0 aromatic carbocycles. The first-order valence-electron chi connectivity index (χ1n) is 8.68. The average molecular weight is 449 g/mol. The van der Waals surface area contributed by atoms with Crippen LogP contribution < -0.4 is 10.6 Å². The van der Waals surface area contributed by atoms with Gasteiger partial charge in [-0.25, -0.2) is 4.98 Å². The second-order valence-corrected chi connectivity index (χ2v) is 6.41. The normalized spacial score (nSPS) is 19.0. The Hall–Kier alpha value is -0.900. The van der Waals surface area contributed by atoms with Crippen LogP contribution in [0, 0.1) is 5.92 Å². The lowest BCUT2D eigenvalue weighted by Crippen LogP contribution is -2.38. The molecule has 2 N–H and O–H groups in total. The minimum atomic E-state index is 0. The number of aliphatic imine (C=N–C) groups is 1. The first-order chi connectivity index (χ1) is 11.2. The molecule has 1 fully saturated rings. The van der Waals surface area contributed by atoms with Crippen molar-refractivity contribution in [1.82, 2.24) is 30.3 Å². The summed E-state index contributed by atoms with van der Waals surface area (Å²) in [4.78, 5) is 11.0. The zero-order chi connectivity index (χ0) is 16.5.